The number of aromatic nitrogens is 3. The Labute approximate surface area is 117 Å². The van der Waals surface area contributed by atoms with Gasteiger partial charge in [-0.2, -0.15) is 0 Å². The highest BCUT2D eigenvalue weighted by Gasteiger charge is 2.20. The number of likely N-dealkylation sites (N-methyl/N-ethyl adjacent to an activating group) is 1. The van der Waals surface area contributed by atoms with Crippen molar-refractivity contribution in [3.63, 3.8) is 0 Å². The highest BCUT2D eigenvalue weighted by Crippen LogP contribution is 2.00. The van der Waals surface area contributed by atoms with Gasteiger partial charge in [-0.1, -0.05) is 0 Å². The Hall–Kier alpha value is -2.12. The molecule has 0 aliphatic heterocycles. The van der Waals surface area contributed by atoms with Crippen LogP contribution in [0, 0.1) is 0 Å². The monoisotopic (exact) mass is 283 g/mol. The smallest absolute Gasteiger partial charge is 0.346 e. The summed E-state index contributed by atoms with van der Waals surface area (Å²) in [6.45, 7) is 6.63. The summed E-state index contributed by atoms with van der Waals surface area (Å²) in [5, 5.41) is 6.63. The fourth-order valence-electron chi connectivity index (χ4n) is 1.86. The Morgan fingerprint density at radius 3 is 2.35 bits per heavy atom. The average molecular weight is 283 g/mol. The fraction of sp³-hybridized carbons (Fsp3) is 0.667. The fourth-order valence-corrected chi connectivity index (χ4v) is 1.86. The second-order valence-electron chi connectivity index (χ2n) is 4.50. The SMILES string of the molecule is CCN(CC)C(=O)C(C)Nc1nn(C)c(=O)n(C)c1=O. The van der Waals surface area contributed by atoms with Crippen LogP contribution in [-0.4, -0.2) is 44.3 Å². The number of hydrogen-bond donors (Lipinski definition) is 1. The molecule has 0 spiro atoms. The van der Waals surface area contributed by atoms with E-state index < -0.39 is 17.3 Å². The zero-order chi connectivity index (χ0) is 15.4. The Balaban J connectivity index is 3.03. The minimum atomic E-state index is -0.590. The molecule has 1 N–H and O–H groups in total. The van der Waals surface area contributed by atoms with Crippen molar-refractivity contribution in [2.45, 2.75) is 26.8 Å². The van der Waals surface area contributed by atoms with Gasteiger partial charge in [-0.25, -0.2) is 9.48 Å². The topological polar surface area (TPSA) is 89.2 Å². The molecule has 112 valence electrons. The predicted octanol–water partition coefficient (Wildman–Crippen LogP) is -0.852. The van der Waals surface area contributed by atoms with Crippen LogP contribution in [-0.2, 0) is 18.9 Å². The van der Waals surface area contributed by atoms with Crippen LogP contribution in [0.3, 0.4) is 0 Å². The molecule has 1 rings (SSSR count). The van der Waals surface area contributed by atoms with E-state index in [-0.39, 0.29) is 11.7 Å². The Morgan fingerprint density at radius 1 is 1.30 bits per heavy atom. The van der Waals surface area contributed by atoms with E-state index in [9.17, 15) is 14.4 Å². The van der Waals surface area contributed by atoms with Gasteiger partial charge >= 0.3 is 5.69 Å². The van der Waals surface area contributed by atoms with Crippen molar-refractivity contribution in [1.29, 1.82) is 0 Å². The van der Waals surface area contributed by atoms with Crippen LogP contribution >= 0.6 is 0 Å². The Kier molecular flexibility index (Phi) is 5.06. The molecule has 1 heterocycles. The van der Waals surface area contributed by atoms with Gasteiger partial charge < -0.3 is 10.2 Å². The van der Waals surface area contributed by atoms with Crippen LogP contribution < -0.4 is 16.6 Å². The Bertz CT molecular complexity index is 600. The van der Waals surface area contributed by atoms with Gasteiger partial charge in [0, 0.05) is 27.2 Å². The molecule has 1 aromatic heterocycles. The first-order valence-electron chi connectivity index (χ1n) is 6.53. The van der Waals surface area contributed by atoms with Crippen molar-refractivity contribution in [3.8, 4) is 0 Å². The van der Waals surface area contributed by atoms with E-state index >= 15 is 0 Å². The number of aryl methyl sites for hydroxylation is 1. The van der Waals surface area contributed by atoms with Crippen molar-refractivity contribution in [3.05, 3.63) is 20.8 Å². The number of carbonyl (C=O) groups is 1. The number of nitrogens with one attached hydrogen (secondary N) is 1. The summed E-state index contributed by atoms with van der Waals surface area (Å²) in [7, 11) is 2.82. The maximum Gasteiger partial charge on any atom is 0.346 e. The number of nitrogens with zero attached hydrogens (tertiary/aromatic N) is 4. The van der Waals surface area contributed by atoms with Crippen molar-refractivity contribution < 1.29 is 4.79 Å². The van der Waals surface area contributed by atoms with Crippen molar-refractivity contribution in [2.24, 2.45) is 14.1 Å². The third kappa shape index (κ3) is 3.06. The van der Waals surface area contributed by atoms with Crippen LogP contribution in [0.15, 0.2) is 9.59 Å². The van der Waals surface area contributed by atoms with E-state index in [1.165, 1.54) is 14.1 Å². The van der Waals surface area contributed by atoms with Gasteiger partial charge in [0.15, 0.2) is 0 Å². The van der Waals surface area contributed by atoms with Crippen LogP contribution in [0.4, 0.5) is 5.82 Å². The highest BCUT2D eigenvalue weighted by atomic mass is 16.2. The average Bonchev–Trinajstić information content (AvgIpc) is 2.43. The van der Waals surface area contributed by atoms with E-state index in [2.05, 4.69) is 10.4 Å². The summed E-state index contributed by atoms with van der Waals surface area (Å²) in [5.74, 6) is -0.129. The van der Waals surface area contributed by atoms with E-state index in [1.807, 2.05) is 13.8 Å². The van der Waals surface area contributed by atoms with Crippen molar-refractivity contribution >= 4 is 11.7 Å². The van der Waals surface area contributed by atoms with Gasteiger partial charge in [-0.3, -0.25) is 14.2 Å². The van der Waals surface area contributed by atoms with Gasteiger partial charge in [-0.15, -0.1) is 5.10 Å². The van der Waals surface area contributed by atoms with Crippen LogP contribution in [0.5, 0.6) is 0 Å². The van der Waals surface area contributed by atoms with Crippen molar-refractivity contribution in [2.75, 3.05) is 18.4 Å². The molecular weight excluding hydrogens is 262 g/mol. The van der Waals surface area contributed by atoms with E-state index in [0.717, 1.165) is 9.25 Å². The molecule has 0 saturated carbocycles. The molecule has 20 heavy (non-hydrogen) atoms. The molecule has 0 fully saturated rings. The number of hydrogen-bond acceptors (Lipinski definition) is 5. The molecule has 1 unspecified atom stereocenters. The predicted molar refractivity (Wildman–Crippen MR) is 75.7 cm³/mol. The highest BCUT2D eigenvalue weighted by molar-refractivity contribution is 5.83. The lowest BCUT2D eigenvalue weighted by molar-refractivity contribution is -0.131. The molecule has 0 aliphatic carbocycles. The van der Waals surface area contributed by atoms with Gasteiger partial charge in [0.1, 0.15) is 6.04 Å². The van der Waals surface area contributed by atoms with E-state index in [1.54, 1.807) is 11.8 Å². The van der Waals surface area contributed by atoms with Crippen LogP contribution in [0.25, 0.3) is 0 Å². The second-order valence-corrected chi connectivity index (χ2v) is 4.50. The van der Waals surface area contributed by atoms with E-state index in [0.29, 0.717) is 13.1 Å². The minimum Gasteiger partial charge on any atom is -0.353 e. The molecule has 0 bridgehead atoms. The molecule has 0 aliphatic rings. The van der Waals surface area contributed by atoms with Crippen LogP contribution in [0.1, 0.15) is 20.8 Å². The molecular formula is C12H21N5O3. The molecule has 1 aromatic rings. The maximum absolute atomic E-state index is 12.1. The molecule has 8 heteroatoms. The zero-order valence-corrected chi connectivity index (χ0v) is 12.5. The molecule has 1 atom stereocenters. The van der Waals surface area contributed by atoms with Gasteiger partial charge in [-0.05, 0) is 20.8 Å². The zero-order valence-electron chi connectivity index (χ0n) is 12.5. The lowest BCUT2D eigenvalue weighted by Crippen LogP contribution is -2.45. The molecule has 0 aromatic carbocycles. The summed E-state index contributed by atoms with van der Waals surface area (Å²) in [5.41, 5.74) is -1.06. The van der Waals surface area contributed by atoms with Gasteiger partial charge in [0.05, 0.1) is 0 Å². The second kappa shape index (κ2) is 6.36. The van der Waals surface area contributed by atoms with Crippen LogP contribution in [0.2, 0.25) is 0 Å². The first kappa shape index (κ1) is 15.9. The number of carbonyl (C=O) groups excluding carboxylic acids is 1. The summed E-state index contributed by atoms with van der Waals surface area (Å²) in [4.78, 5) is 37.2. The molecule has 8 nitrogen and oxygen atoms in total. The number of rotatable bonds is 5. The lowest BCUT2D eigenvalue weighted by Gasteiger charge is -2.23. The first-order chi connectivity index (χ1) is 9.33. The van der Waals surface area contributed by atoms with Gasteiger partial charge in [0.2, 0.25) is 11.7 Å². The standard InChI is InChI=1S/C12H21N5O3/c1-6-17(7-2)10(18)8(3)13-9-11(19)15(4)12(20)16(5)14-9/h8H,6-7H2,1-5H3,(H,13,14). The minimum absolute atomic E-state index is 0.0115. The largest absolute Gasteiger partial charge is 0.353 e. The maximum atomic E-state index is 12.1. The van der Waals surface area contributed by atoms with E-state index in [4.69, 9.17) is 0 Å². The summed E-state index contributed by atoms with van der Waals surface area (Å²) >= 11 is 0. The number of anilines is 1. The third-order valence-corrected chi connectivity index (χ3v) is 3.12. The molecule has 0 radical (unpaired) electrons. The lowest BCUT2D eigenvalue weighted by atomic mass is 10.3. The molecule has 0 saturated heterocycles. The number of amides is 1. The summed E-state index contributed by atoms with van der Waals surface area (Å²) < 4.78 is 2.00. The quantitative estimate of drug-likeness (QED) is 0.760. The summed E-state index contributed by atoms with van der Waals surface area (Å²) in [6, 6.07) is -0.590. The molecule has 1 amide bonds. The normalized spacial score (nSPS) is 12.1. The first-order valence-corrected chi connectivity index (χ1v) is 6.53. The summed E-state index contributed by atoms with van der Waals surface area (Å²) in [6.07, 6.45) is 0. The Morgan fingerprint density at radius 2 is 1.85 bits per heavy atom. The van der Waals surface area contributed by atoms with Crippen molar-refractivity contribution in [1.82, 2.24) is 19.2 Å². The van der Waals surface area contributed by atoms with Gasteiger partial charge in [0.25, 0.3) is 5.56 Å². The third-order valence-electron chi connectivity index (χ3n) is 3.12.